The van der Waals surface area contributed by atoms with E-state index in [2.05, 4.69) is 0 Å². The smallest absolute Gasteiger partial charge is 0.0931 e. The Morgan fingerprint density at radius 3 is 2.65 bits per heavy atom. The Labute approximate surface area is 119 Å². The molecule has 1 aromatic carbocycles. The summed E-state index contributed by atoms with van der Waals surface area (Å²) in [4.78, 5) is 2.32. The first-order valence-corrected chi connectivity index (χ1v) is 7.52. The van der Waals surface area contributed by atoms with Crippen LogP contribution in [0, 0.1) is 0 Å². The average Bonchev–Trinajstić information content (AvgIpc) is 2.73. The Morgan fingerprint density at radius 2 is 2.06 bits per heavy atom. The standard InChI is InChI=1S/C12H11Cl2NS2/c13-8-2-1-3-9(6-8)16-11(7-15)10-4-5-12(14)17-10/h1-6,11H,7,15H2. The normalized spacial score (nSPS) is 12.6. The molecule has 0 saturated heterocycles. The number of thiophene rings is 1. The number of thioether (sulfide) groups is 1. The Balaban J connectivity index is 2.15. The van der Waals surface area contributed by atoms with Gasteiger partial charge in [-0.1, -0.05) is 29.3 Å². The van der Waals surface area contributed by atoms with Crippen molar-refractivity contribution in [3.8, 4) is 0 Å². The summed E-state index contributed by atoms with van der Waals surface area (Å²) in [6, 6.07) is 11.7. The highest BCUT2D eigenvalue weighted by Gasteiger charge is 2.13. The van der Waals surface area contributed by atoms with Gasteiger partial charge in [0.25, 0.3) is 0 Å². The SMILES string of the molecule is NCC(Sc1cccc(Cl)c1)c1ccc(Cl)s1. The van der Waals surface area contributed by atoms with E-state index in [1.165, 1.54) is 4.88 Å². The maximum absolute atomic E-state index is 5.96. The van der Waals surface area contributed by atoms with Crippen LogP contribution in [-0.4, -0.2) is 6.54 Å². The molecule has 1 atom stereocenters. The van der Waals surface area contributed by atoms with Gasteiger partial charge in [-0.15, -0.1) is 23.1 Å². The van der Waals surface area contributed by atoms with Crippen LogP contribution in [0.4, 0.5) is 0 Å². The van der Waals surface area contributed by atoms with Crippen LogP contribution in [0.1, 0.15) is 10.1 Å². The molecule has 0 amide bonds. The first-order valence-electron chi connectivity index (χ1n) is 5.06. The molecule has 17 heavy (non-hydrogen) atoms. The van der Waals surface area contributed by atoms with Gasteiger partial charge in [0.2, 0.25) is 0 Å². The lowest BCUT2D eigenvalue weighted by Gasteiger charge is -2.12. The second-order valence-corrected chi connectivity index (χ2v) is 6.90. The third-order valence-corrected chi connectivity index (χ3v) is 5.19. The minimum Gasteiger partial charge on any atom is -0.329 e. The summed E-state index contributed by atoms with van der Waals surface area (Å²) in [5.41, 5.74) is 5.81. The molecule has 1 heterocycles. The third kappa shape index (κ3) is 3.63. The Kier molecular flexibility index (Phi) is 4.77. The Bertz CT molecular complexity index is 499. The summed E-state index contributed by atoms with van der Waals surface area (Å²) < 4.78 is 0.796. The van der Waals surface area contributed by atoms with Crippen molar-refractivity contribution < 1.29 is 0 Å². The predicted octanol–water partition coefficient (Wildman–Crippen LogP) is 4.85. The van der Waals surface area contributed by atoms with E-state index in [1.54, 1.807) is 23.1 Å². The number of benzene rings is 1. The molecular formula is C12H11Cl2NS2. The molecular weight excluding hydrogens is 293 g/mol. The first-order chi connectivity index (χ1) is 8.19. The number of rotatable bonds is 4. The van der Waals surface area contributed by atoms with Crippen LogP contribution in [-0.2, 0) is 0 Å². The largest absolute Gasteiger partial charge is 0.329 e. The van der Waals surface area contributed by atoms with Crippen molar-refractivity contribution >= 4 is 46.3 Å². The first kappa shape index (κ1) is 13.2. The van der Waals surface area contributed by atoms with E-state index in [0.717, 1.165) is 14.3 Å². The van der Waals surface area contributed by atoms with E-state index in [4.69, 9.17) is 28.9 Å². The number of nitrogens with two attached hydrogens (primary N) is 1. The third-order valence-electron chi connectivity index (χ3n) is 2.20. The summed E-state index contributed by atoms with van der Waals surface area (Å²) in [7, 11) is 0. The van der Waals surface area contributed by atoms with Gasteiger partial charge >= 0.3 is 0 Å². The van der Waals surface area contributed by atoms with E-state index in [1.807, 2.05) is 36.4 Å². The molecule has 90 valence electrons. The van der Waals surface area contributed by atoms with Crippen molar-refractivity contribution in [3.05, 3.63) is 50.6 Å². The van der Waals surface area contributed by atoms with Crippen molar-refractivity contribution in [1.82, 2.24) is 0 Å². The van der Waals surface area contributed by atoms with Gasteiger partial charge in [-0.05, 0) is 30.3 Å². The van der Waals surface area contributed by atoms with E-state index < -0.39 is 0 Å². The monoisotopic (exact) mass is 303 g/mol. The lowest BCUT2D eigenvalue weighted by atomic mass is 10.3. The molecule has 0 aliphatic rings. The predicted molar refractivity (Wildman–Crippen MR) is 78.4 cm³/mol. The van der Waals surface area contributed by atoms with Crippen molar-refractivity contribution in [2.75, 3.05) is 6.54 Å². The maximum Gasteiger partial charge on any atom is 0.0931 e. The summed E-state index contributed by atoms with van der Waals surface area (Å²) in [5, 5.41) is 0.973. The zero-order valence-electron chi connectivity index (χ0n) is 8.90. The van der Waals surface area contributed by atoms with Gasteiger partial charge in [0.15, 0.2) is 0 Å². The number of halogens is 2. The van der Waals surface area contributed by atoms with Crippen LogP contribution in [0.2, 0.25) is 9.36 Å². The van der Waals surface area contributed by atoms with Gasteiger partial charge in [0.1, 0.15) is 0 Å². The van der Waals surface area contributed by atoms with Gasteiger partial charge in [-0.2, -0.15) is 0 Å². The maximum atomic E-state index is 5.96. The molecule has 2 rings (SSSR count). The molecule has 1 unspecified atom stereocenters. The minimum absolute atomic E-state index is 0.228. The minimum atomic E-state index is 0.228. The molecule has 5 heteroatoms. The van der Waals surface area contributed by atoms with Crippen LogP contribution in [0.15, 0.2) is 41.3 Å². The van der Waals surface area contributed by atoms with Crippen molar-refractivity contribution in [1.29, 1.82) is 0 Å². The van der Waals surface area contributed by atoms with Crippen molar-refractivity contribution in [3.63, 3.8) is 0 Å². The van der Waals surface area contributed by atoms with E-state index in [9.17, 15) is 0 Å². The fraction of sp³-hybridized carbons (Fsp3) is 0.167. The molecule has 0 saturated carbocycles. The van der Waals surface area contributed by atoms with Gasteiger partial charge in [-0.25, -0.2) is 0 Å². The summed E-state index contributed by atoms with van der Waals surface area (Å²) in [6.45, 7) is 0.577. The van der Waals surface area contributed by atoms with E-state index >= 15 is 0 Å². The highest BCUT2D eigenvalue weighted by Crippen LogP contribution is 2.39. The molecule has 0 bridgehead atoms. The summed E-state index contributed by atoms with van der Waals surface area (Å²) in [6.07, 6.45) is 0. The fourth-order valence-corrected chi connectivity index (χ4v) is 4.00. The zero-order valence-corrected chi connectivity index (χ0v) is 12.0. The molecule has 0 radical (unpaired) electrons. The molecule has 0 fully saturated rings. The van der Waals surface area contributed by atoms with E-state index in [0.29, 0.717) is 6.54 Å². The number of hydrogen-bond acceptors (Lipinski definition) is 3. The topological polar surface area (TPSA) is 26.0 Å². The molecule has 1 aromatic heterocycles. The van der Waals surface area contributed by atoms with Crippen LogP contribution in [0.5, 0.6) is 0 Å². The van der Waals surface area contributed by atoms with E-state index in [-0.39, 0.29) is 5.25 Å². The van der Waals surface area contributed by atoms with Crippen LogP contribution in [0.25, 0.3) is 0 Å². The number of hydrogen-bond donors (Lipinski definition) is 1. The van der Waals surface area contributed by atoms with Crippen molar-refractivity contribution in [2.45, 2.75) is 10.1 Å². The average molecular weight is 304 g/mol. The molecule has 2 aromatic rings. The molecule has 0 spiro atoms. The second kappa shape index (κ2) is 6.12. The molecule has 0 aliphatic heterocycles. The zero-order chi connectivity index (χ0) is 12.3. The Hall–Kier alpha value is -0.190. The summed E-state index contributed by atoms with van der Waals surface area (Å²) >= 11 is 15.2. The van der Waals surface area contributed by atoms with Crippen LogP contribution in [0.3, 0.4) is 0 Å². The highest BCUT2D eigenvalue weighted by molar-refractivity contribution is 7.99. The van der Waals surface area contributed by atoms with Crippen LogP contribution < -0.4 is 5.73 Å². The van der Waals surface area contributed by atoms with Crippen LogP contribution >= 0.6 is 46.3 Å². The summed E-state index contributed by atoms with van der Waals surface area (Å²) in [5.74, 6) is 0. The Morgan fingerprint density at radius 1 is 1.24 bits per heavy atom. The quantitative estimate of drug-likeness (QED) is 0.817. The van der Waals surface area contributed by atoms with Crippen molar-refractivity contribution in [2.24, 2.45) is 5.73 Å². The lowest BCUT2D eigenvalue weighted by molar-refractivity contribution is 0.960. The fourth-order valence-electron chi connectivity index (χ4n) is 1.43. The van der Waals surface area contributed by atoms with Gasteiger partial charge < -0.3 is 5.73 Å². The highest BCUT2D eigenvalue weighted by atomic mass is 35.5. The lowest BCUT2D eigenvalue weighted by Crippen LogP contribution is -2.07. The van der Waals surface area contributed by atoms with Gasteiger partial charge in [0, 0.05) is 21.3 Å². The molecule has 1 nitrogen and oxygen atoms in total. The second-order valence-electron chi connectivity index (χ2n) is 3.44. The van der Waals surface area contributed by atoms with Gasteiger partial charge in [0.05, 0.1) is 9.59 Å². The van der Waals surface area contributed by atoms with Gasteiger partial charge in [-0.3, -0.25) is 0 Å². The molecule has 2 N–H and O–H groups in total. The molecule has 0 aliphatic carbocycles.